The van der Waals surface area contributed by atoms with Gasteiger partial charge in [0, 0.05) is 19.3 Å². The molecule has 2 nitrogen and oxygen atoms in total. The van der Waals surface area contributed by atoms with Crippen molar-refractivity contribution in [2.24, 2.45) is 0 Å². The van der Waals surface area contributed by atoms with Crippen molar-refractivity contribution in [1.82, 2.24) is 5.32 Å². The van der Waals surface area contributed by atoms with Crippen molar-refractivity contribution < 1.29 is 0 Å². The predicted molar refractivity (Wildman–Crippen MR) is 75.9 cm³/mol. The Kier molecular flexibility index (Phi) is 2.80. The second-order valence-electron chi connectivity index (χ2n) is 4.84. The quantitative estimate of drug-likeness (QED) is 0.821. The fraction of sp³-hybridized carbons (Fsp3) is 0.250. The summed E-state index contributed by atoms with van der Waals surface area (Å²) in [6.07, 6.45) is 0. The van der Waals surface area contributed by atoms with E-state index in [4.69, 9.17) is 0 Å². The first-order chi connectivity index (χ1) is 8.81. The maximum absolute atomic E-state index is 3.45. The summed E-state index contributed by atoms with van der Waals surface area (Å²) in [5, 5.41) is 3.45. The zero-order valence-corrected chi connectivity index (χ0v) is 10.9. The van der Waals surface area contributed by atoms with Gasteiger partial charge >= 0.3 is 0 Å². The van der Waals surface area contributed by atoms with E-state index in [9.17, 15) is 0 Å². The Hall–Kier alpha value is -1.80. The molecule has 2 aromatic rings. The molecule has 0 amide bonds. The van der Waals surface area contributed by atoms with Gasteiger partial charge in [-0.25, -0.2) is 0 Å². The van der Waals surface area contributed by atoms with Crippen LogP contribution in [0.3, 0.4) is 0 Å². The van der Waals surface area contributed by atoms with Crippen LogP contribution in [-0.2, 0) is 6.54 Å². The van der Waals surface area contributed by atoms with Crippen LogP contribution in [-0.4, -0.2) is 14.1 Å². The van der Waals surface area contributed by atoms with E-state index < -0.39 is 0 Å². The number of nitrogens with one attached hydrogen (secondary N) is 1. The number of para-hydroxylation sites is 1. The lowest BCUT2D eigenvalue weighted by Crippen LogP contribution is -2.18. The van der Waals surface area contributed by atoms with E-state index in [1.165, 1.54) is 22.4 Å². The lowest BCUT2D eigenvalue weighted by Gasteiger charge is -2.21. The highest BCUT2D eigenvalue weighted by atomic mass is 15.1. The smallest absolute Gasteiger partial charge is 0.0598 e. The second kappa shape index (κ2) is 4.46. The largest absolute Gasteiger partial charge is 0.370 e. The zero-order chi connectivity index (χ0) is 12.5. The van der Waals surface area contributed by atoms with E-state index in [-0.39, 0.29) is 6.04 Å². The molecule has 2 aromatic carbocycles. The van der Waals surface area contributed by atoms with Gasteiger partial charge in [0.2, 0.25) is 0 Å². The number of fused-ring (bicyclic) bond motifs is 2. The van der Waals surface area contributed by atoms with Gasteiger partial charge < -0.3 is 10.2 Å². The van der Waals surface area contributed by atoms with Crippen LogP contribution in [0.25, 0.3) is 0 Å². The first-order valence-corrected chi connectivity index (χ1v) is 6.36. The van der Waals surface area contributed by atoms with E-state index in [0.29, 0.717) is 0 Å². The predicted octanol–water partition coefficient (Wildman–Crippen LogP) is 2.95. The first kappa shape index (κ1) is 11.3. The molecule has 0 bridgehead atoms. The summed E-state index contributed by atoms with van der Waals surface area (Å²) in [6.45, 7) is 0.964. The zero-order valence-electron chi connectivity index (χ0n) is 10.9. The molecule has 0 radical (unpaired) electrons. The standard InChI is InChI=1S/C16H18N2/c1-17-16-13-8-4-3-7-12(13)11-18(2)15-10-6-5-9-14(15)16/h3-10,16-17H,11H2,1-2H3. The van der Waals surface area contributed by atoms with Gasteiger partial charge in [-0.3, -0.25) is 0 Å². The topological polar surface area (TPSA) is 15.3 Å². The lowest BCUT2D eigenvalue weighted by atomic mass is 9.95. The molecule has 0 aromatic heterocycles. The van der Waals surface area contributed by atoms with Crippen LogP contribution in [0.15, 0.2) is 48.5 Å². The van der Waals surface area contributed by atoms with Crippen molar-refractivity contribution in [3.8, 4) is 0 Å². The summed E-state index contributed by atoms with van der Waals surface area (Å²) in [5.41, 5.74) is 5.45. The molecule has 0 saturated carbocycles. The van der Waals surface area contributed by atoms with Crippen molar-refractivity contribution in [3.63, 3.8) is 0 Å². The van der Waals surface area contributed by atoms with E-state index in [1.54, 1.807) is 0 Å². The van der Waals surface area contributed by atoms with E-state index in [2.05, 4.69) is 65.8 Å². The monoisotopic (exact) mass is 238 g/mol. The normalized spacial score (nSPS) is 17.9. The highest BCUT2D eigenvalue weighted by molar-refractivity contribution is 5.60. The fourth-order valence-corrected chi connectivity index (χ4v) is 2.86. The molecule has 18 heavy (non-hydrogen) atoms. The van der Waals surface area contributed by atoms with Crippen LogP contribution in [0.4, 0.5) is 5.69 Å². The van der Waals surface area contributed by atoms with Crippen molar-refractivity contribution >= 4 is 5.69 Å². The number of hydrogen-bond donors (Lipinski definition) is 1. The Balaban J connectivity index is 2.23. The molecule has 0 spiro atoms. The third-order valence-corrected chi connectivity index (χ3v) is 3.72. The molecule has 2 heteroatoms. The van der Waals surface area contributed by atoms with Crippen LogP contribution in [0.5, 0.6) is 0 Å². The van der Waals surface area contributed by atoms with Gasteiger partial charge in [0.15, 0.2) is 0 Å². The number of rotatable bonds is 1. The van der Waals surface area contributed by atoms with Crippen molar-refractivity contribution in [2.45, 2.75) is 12.6 Å². The average molecular weight is 238 g/mol. The van der Waals surface area contributed by atoms with Crippen LogP contribution in [0.1, 0.15) is 22.7 Å². The lowest BCUT2D eigenvalue weighted by molar-refractivity contribution is 0.692. The molecule has 92 valence electrons. The van der Waals surface area contributed by atoms with Crippen LogP contribution in [0.2, 0.25) is 0 Å². The Bertz CT molecular complexity index is 563. The molecule has 0 fully saturated rings. The number of hydrogen-bond acceptors (Lipinski definition) is 2. The first-order valence-electron chi connectivity index (χ1n) is 6.36. The minimum absolute atomic E-state index is 0.280. The molecule has 1 heterocycles. The number of anilines is 1. The summed E-state index contributed by atoms with van der Waals surface area (Å²) in [4.78, 5) is 2.32. The molecular weight excluding hydrogens is 220 g/mol. The Labute approximate surface area is 108 Å². The summed E-state index contributed by atoms with van der Waals surface area (Å²) >= 11 is 0. The van der Waals surface area contributed by atoms with Gasteiger partial charge in [0.05, 0.1) is 6.04 Å². The SMILES string of the molecule is CNC1c2ccccc2CN(C)c2ccccc21. The van der Waals surface area contributed by atoms with Crippen molar-refractivity contribution in [1.29, 1.82) is 0 Å². The van der Waals surface area contributed by atoms with Gasteiger partial charge in [-0.1, -0.05) is 42.5 Å². The van der Waals surface area contributed by atoms with Crippen LogP contribution >= 0.6 is 0 Å². The maximum Gasteiger partial charge on any atom is 0.0598 e. The fourth-order valence-electron chi connectivity index (χ4n) is 2.86. The summed E-state index contributed by atoms with van der Waals surface area (Å²) in [5.74, 6) is 0. The third-order valence-electron chi connectivity index (χ3n) is 3.72. The average Bonchev–Trinajstić information content (AvgIpc) is 2.53. The molecule has 0 saturated heterocycles. The summed E-state index contributed by atoms with van der Waals surface area (Å²) in [6, 6.07) is 17.6. The highest BCUT2D eigenvalue weighted by Crippen LogP contribution is 2.35. The summed E-state index contributed by atoms with van der Waals surface area (Å²) < 4.78 is 0. The Morgan fingerprint density at radius 1 is 1.00 bits per heavy atom. The second-order valence-corrected chi connectivity index (χ2v) is 4.84. The minimum Gasteiger partial charge on any atom is -0.370 e. The van der Waals surface area contributed by atoms with Gasteiger partial charge in [0.1, 0.15) is 0 Å². The molecule has 1 unspecified atom stereocenters. The van der Waals surface area contributed by atoms with Gasteiger partial charge in [-0.2, -0.15) is 0 Å². The Morgan fingerprint density at radius 2 is 1.67 bits per heavy atom. The Morgan fingerprint density at radius 3 is 2.44 bits per heavy atom. The maximum atomic E-state index is 3.45. The molecule has 1 aliphatic rings. The van der Waals surface area contributed by atoms with E-state index in [1.807, 2.05) is 7.05 Å². The molecule has 1 atom stereocenters. The molecule has 0 aliphatic carbocycles. The van der Waals surface area contributed by atoms with Crippen molar-refractivity contribution in [3.05, 3.63) is 65.2 Å². The van der Waals surface area contributed by atoms with E-state index in [0.717, 1.165) is 6.54 Å². The summed E-state index contributed by atoms with van der Waals surface area (Å²) in [7, 11) is 4.19. The van der Waals surface area contributed by atoms with Crippen LogP contribution in [0, 0.1) is 0 Å². The van der Waals surface area contributed by atoms with Gasteiger partial charge in [-0.05, 0) is 29.8 Å². The van der Waals surface area contributed by atoms with Gasteiger partial charge in [-0.15, -0.1) is 0 Å². The number of benzene rings is 2. The number of nitrogens with zero attached hydrogens (tertiary/aromatic N) is 1. The molecule has 1 aliphatic heterocycles. The molecule has 3 rings (SSSR count). The molecule has 1 N–H and O–H groups in total. The third kappa shape index (κ3) is 1.70. The molecular formula is C16H18N2. The van der Waals surface area contributed by atoms with Gasteiger partial charge in [0.25, 0.3) is 0 Å². The van der Waals surface area contributed by atoms with E-state index >= 15 is 0 Å². The van der Waals surface area contributed by atoms with Crippen molar-refractivity contribution in [2.75, 3.05) is 19.0 Å². The van der Waals surface area contributed by atoms with Crippen LogP contribution < -0.4 is 10.2 Å². The highest BCUT2D eigenvalue weighted by Gasteiger charge is 2.23. The minimum atomic E-state index is 0.280.